The smallest absolute Gasteiger partial charge is 0.321 e. The van der Waals surface area contributed by atoms with E-state index in [1.165, 1.54) is 16.4 Å². The second kappa shape index (κ2) is 8.25. The maximum absolute atomic E-state index is 12.9. The zero-order valence-corrected chi connectivity index (χ0v) is 17.7. The van der Waals surface area contributed by atoms with Crippen LogP contribution in [-0.4, -0.2) is 68.8 Å². The third-order valence-electron chi connectivity index (χ3n) is 5.24. The van der Waals surface area contributed by atoms with Crippen LogP contribution < -0.4 is 10.2 Å². The number of nitrogens with one attached hydrogen (secondary N) is 1. The highest BCUT2D eigenvalue weighted by atomic mass is 35.5. The molecule has 3 amide bonds. The zero-order valence-electron chi connectivity index (χ0n) is 16.1. The highest BCUT2D eigenvalue weighted by molar-refractivity contribution is 7.89. The molecule has 2 aromatic carbocycles. The van der Waals surface area contributed by atoms with Gasteiger partial charge in [0, 0.05) is 55.5 Å². The van der Waals surface area contributed by atoms with Crippen molar-refractivity contribution in [3.8, 4) is 0 Å². The summed E-state index contributed by atoms with van der Waals surface area (Å²) in [6.45, 7) is 2.13. The number of carbonyl (C=O) groups excluding carboxylic acids is 2. The average Bonchev–Trinajstić information content (AvgIpc) is 3.19. The predicted octanol–water partition coefficient (Wildman–Crippen LogP) is 2.02. The molecule has 0 unspecified atom stereocenters. The van der Waals surface area contributed by atoms with Crippen molar-refractivity contribution in [3.05, 3.63) is 59.1 Å². The van der Waals surface area contributed by atoms with Gasteiger partial charge in [0.25, 0.3) is 5.91 Å². The summed E-state index contributed by atoms with van der Waals surface area (Å²) < 4.78 is 27.0. The topological polar surface area (TPSA) is 90.0 Å². The van der Waals surface area contributed by atoms with Crippen LogP contribution >= 0.6 is 11.6 Å². The van der Waals surface area contributed by atoms with E-state index in [9.17, 15) is 18.0 Å². The fourth-order valence-electron chi connectivity index (χ4n) is 3.59. The van der Waals surface area contributed by atoms with E-state index in [0.29, 0.717) is 42.5 Å². The number of urea groups is 1. The van der Waals surface area contributed by atoms with Gasteiger partial charge in [0.1, 0.15) is 0 Å². The number of halogens is 1. The number of anilines is 1. The van der Waals surface area contributed by atoms with Crippen molar-refractivity contribution in [1.82, 2.24) is 14.5 Å². The lowest BCUT2D eigenvalue weighted by Crippen LogP contribution is -2.50. The van der Waals surface area contributed by atoms with Gasteiger partial charge in [0.2, 0.25) is 10.0 Å². The molecule has 2 saturated heterocycles. The summed E-state index contributed by atoms with van der Waals surface area (Å²) >= 11 is 5.84. The highest BCUT2D eigenvalue weighted by Gasteiger charge is 2.31. The van der Waals surface area contributed by atoms with Crippen molar-refractivity contribution >= 4 is 39.2 Å². The number of hydrogen-bond acceptors (Lipinski definition) is 4. The lowest BCUT2D eigenvalue weighted by atomic mass is 10.1. The minimum atomic E-state index is -3.63. The molecule has 4 rings (SSSR count). The first-order valence-corrected chi connectivity index (χ1v) is 11.4. The van der Waals surface area contributed by atoms with E-state index in [1.54, 1.807) is 46.2 Å². The average molecular weight is 449 g/mol. The fourth-order valence-corrected chi connectivity index (χ4v) is 5.14. The van der Waals surface area contributed by atoms with Crippen molar-refractivity contribution in [2.75, 3.05) is 44.2 Å². The molecule has 10 heteroatoms. The third-order valence-corrected chi connectivity index (χ3v) is 7.40. The summed E-state index contributed by atoms with van der Waals surface area (Å²) in [4.78, 5) is 28.2. The Morgan fingerprint density at radius 1 is 0.967 bits per heavy atom. The largest absolute Gasteiger partial charge is 0.336 e. The highest BCUT2D eigenvalue weighted by Crippen LogP contribution is 2.22. The van der Waals surface area contributed by atoms with Crippen molar-refractivity contribution < 1.29 is 18.0 Å². The van der Waals surface area contributed by atoms with Crippen LogP contribution in [0.4, 0.5) is 10.5 Å². The van der Waals surface area contributed by atoms with Crippen LogP contribution in [0.15, 0.2) is 53.4 Å². The number of nitrogens with zero attached hydrogens (tertiary/aromatic N) is 3. The molecule has 2 heterocycles. The van der Waals surface area contributed by atoms with E-state index in [-0.39, 0.29) is 29.9 Å². The number of carbonyl (C=O) groups is 2. The van der Waals surface area contributed by atoms with Crippen LogP contribution in [0.1, 0.15) is 10.4 Å². The van der Waals surface area contributed by atoms with Crippen molar-refractivity contribution in [3.63, 3.8) is 0 Å². The SMILES string of the molecule is O=C(c1cccc(N2CCNC2=O)c1)N1CCN(S(=O)(=O)c2ccc(Cl)cc2)CC1. The first-order valence-electron chi connectivity index (χ1n) is 9.57. The summed E-state index contributed by atoms with van der Waals surface area (Å²) in [6, 6.07) is 12.8. The summed E-state index contributed by atoms with van der Waals surface area (Å²) in [5.74, 6) is -0.181. The van der Waals surface area contributed by atoms with Crippen LogP contribution in [0.3, 0.4) is 0 Å². The maximum atomic E-state index is 12.9. The fraction of sp³-hybridized carbons (Fsp3) is 0.300. The van der Waals surface area contributed by atoms with Crippen molar-refractivity contribution in [1.29, 1.82) is 0 Å². The molecule has 0 aliphatic carbocycles. The number of piperazine rings is 1. The maximum Gasteiger partial charge on any atom is 0.321 e. The first kappa shape index (κ1) is 20.6. The third kappa shape index (κ3) is 4.00. The molecule has 0 bridgehead atoms. The molecule has 2 aliphatic rings. The summed E-state index contributed by atoms with van der Waals surface area (Å²) in [6.07, 6.45) is 0. The Morgan fingerprint density at radius 2 is 1.67 bits per heavy atom. The molecule has 8 nitrogen and oxygen atoms in total. The molecule has 30 heavy (non-hydrogen) atoms. The molecule has 2 fully saturated rings. The summed E-state index contributed by atoms with van der Waals surface area (Å²) in [5, 5.41) is 3.21. The predicted molar refractivity (Wildman–Crippen MR) is 113 cm³/mol. The number of sulfonamides is 1. The zero-order chi connectivity index (χ0) is 21.3. The van der Waals surface area contributed by atoms with Crippen LogP contribution in [0.25, 0.3) is 0 Å². The van der Waals surface area contributed by atoms with Crippen LogP contribution in [0, 0.1) is 0 Å². The Bertz CT molecular complexity index is 1070. The molecular weight excluding hydrogens is 428 g/mol. The van der Waals surface area contributed by atoms with Gasteiger partial charge in [-0.1, -0.05) is 17.7 Å². The van der Waals surface area contributed by atoms with Gasteiger partial charge in [0.15, 0.2) is 0 Å². The second-order valence-electron chi connectivity index (χ2n) is 7.08. The number of amides is 3. The molecular formula is C20H21ClN4O4S. The van der Waals surface area contributed by atoms with Gasteiger partial charge in [-0.25, -0.2) is 13.2 Å². The number of benzene rings is 2. The van der Waals surface area contributed by atoms with Gasteiger partial charge in [-0.15, -0.1) is 0 Å². The summed E-state index contributed by atoms with van der Waals surface area (Å²) in [7, 11) is -3.63. The van der Waals surface area contributed by atoms with Crippen molar-refractivity contribution in [2.24, 2.45) is 0 Å². The standard InChI is InChI=1S/C20H21ClN4O4S/c21-16-4-6-18(7-5-16)30(28,29)24-12-10-23(11-13-24)19(26)15-2-1-3-17(14-15)25-9-8-22-20(25)27/h1-7,14H,8-13H2,(H,22,27). The molecule has 0 atom stereocenters. The Labute approximate surface area is 180 Å². The first-order chi connectivity index (χ1) is 14.4. The monoisotopic (exact) mass is 448 g/mol. The lowest BCUT2D eigenvalue weighted by Gasteiger charge is -2.34. The number of rotatable bonds is 4. The molecule has 0 saturated carbocycles. The van der Waals surface area contributed by atoms with Gasteiger partial charge in [-0.05, 0) is 42.5 Å². The Balaban J connectivity index is 1.43. The normalized spacial score (nSPS) is 17.8. The second-order valence-corrected chi connectivity index (χ2v) is 9.46. The van der Waals surface area contributed by atoms with Gasteiger partial charge >= 0.3 is 6.03 Å². The number of hydrogen-bond donors (Lipinski definition) is 1. The summed E-state index contributed by atoms with van der Waals surface area (Å²) in [5.41, 5.74) is 1.14. The molecule has 2 aliphatic heterocycles. The van der Waals surface area contributed by atoms with Gasteiger partial charge in [0.05, 0.1) is 4.90 Å². The Kier molecular flexibility index (Phi) is 5.68. The molecule has 0 spiro atoms. The Morgan fingerprint density at radius 3 is 2.30 bits per heavy atom. The van der Waals surface area contributed by atoms with E-state index < -0.39 is 10.0 Å². The van der Waals surface area contributed by atoms with E-state index in [4.69, 9.17) is 11.6 Å². The van der Waals surface area contributed by atoms with Gasteiger partial charge < -0.3 is 10.2 Å². The molecule has 2 aromatic rings. The van der Waals surface area contributed by atoms with E-state index in [2.05, 4.69) is 5.32 Å². The Hall–Kier alpha value is -2.62. The van der Waals surface area contributed by atoms with E-state index in [1.807, 2.05) is 0 Å². The molecule has 0 aromatic heterocycles. The van der Waals surface area contributed by atoms with Gasteiger partial charge in [-0.2, -0.15) is 4.31 Å². The van der Waals surface area contributed by atoms with Gasteiger partial charge in [-0.3, -0.25) is 9.69 Å². The van der Waals surface area contributed by atoms with E-state index in [0.717, 1.165) is 0 Å². The quantitative estimate of drug-likeness (QED) is 0.774. The van der Waals surface area contributed by atoms with Crippen LogP contribution in [0.2, 0.25) is 5.02 Å². The van der Waals surface area contributed by atoms with Crippen LogP contribution in [0.5, 0.6) is 0 Å². The molecule has 1 N–H and O–H groups in total. The lowest BCUT2D eigenvalue weighted by molar-refractivity contribution is 0.0698. The minimum absolute atomic E-state index is 0.180. The molecule has 0 radical (unpaired) electrons. The van der Waals surface area contributed by atoms with E-state index >= 15 is 0 Å². The minimum Gasteiger partial charge on any atom is -0.336 e. The molecule has 158 valence electrons. The van der Waals surface area contributed by atoms with Crippen LogP contribution in [-0.2, 0) is 10.0 Å². The van der Waals surface area contributed by atoms with Crippen molar-refractivity contribution in [2.45, 2.75) is 4.90 Å².